The molecule has 1 aromatic carbocycles. The van der Waals surface area contributed by atoms with Crippen molar-refractivity contribution in [1.29, 1.82) is 0 Å². The van der Waals surface area contributed by atoms with E-state index in [1.165, 1.54) is 0 Å². The van der Waals surface area contributed by atoms with Crippen LogP contribution in [0.15, 0.2) is 21.9 Å². The summed E-state index contributed by atoms with van der Waals surface area (Å²) >= 11 is 0. The molecule has 7 nitrogen and oxygen atoms in total. The average molecular weight is 292 g/mol. The largest absolute Gasteiger partial charge is 0.385 e. The Balaban J connectivity index is 1.84. The van der Waals surface area contributed by atoms with Crippen LogP contribution in [0, 0.1) is 6.92 Å². The van der Waals surface area contributed by atoms with E-state index in [2.05, 4.69) is 15.7 Å². The molecule has 0 unspecified atom stereocenters. The number of nitrogens with one attached hydrogen (secondary N) is 2. The van der Waals surface area contributed by atoms with Gasteiger partial charge in [-0.1, -0.05) is 0 Å². The lowest BCUT2D eigenvalue weighted by Gasteiger charge is -2.14. The van der Waals surface area contributed by atoms with E-state index in [0.29, 0.717) is 37.6 Å². The third-order valence-corrected chi connectivity index (χ3v) is 3.15. The molecule has 0 amide bonds. The molecule has 0 aliphatic rings. The summed E-state index contributed by atoms with van der Waals surface area (Å²) in [5.41, 5.74) is 0.796. The van der Waals surface area contributed by atoms with Crippen molar-refractivity contribution < 1.29 is 4.74 Å². The van der Waals surface area contributed by atoms with Gasteiger partial charge in [-0.3, -0.25) is 14.3 Å². The summed E-state index contributed by atoms with van der Waals surface area (Å²) in [4.78, 5) is 23.1. The molecule has 0 saturated heterocycles. The summed E-state index contributed by atoms with van der Waals surface area (Å²) in [5, 5.41) is 10.2. The van der Waals surface area contributed by atoms with Crippen LogP contribution in [0.2, 0.25) is 0 Å². The Labute approximate surface area is 122 Å². The highest BCUT2D eigenvalue weighted by Crippen LogP contribution is 2.13. The molecule has 0 aliphatic carbocycles. The van der Waals surface area contributed by atoms with Gasteiger partial charge in [0.2, 0.25) is 0 Å². The second-order valence-electron chi connectivity index (χ2n) is 4.83. The molecule has 0 aliphatic heterocycles. The lowest BCUT2D eigenvalue weighted by Crippen LogP contribution is -2.38. The van der Waals surface area contributed by atoms with Crippen LogP contribution in [0.3, 0.4) is 0 Å². The SMILES string of the molecule is COCCCNc1c(NCCn2ccc(C)n2)c(=O)c1=O. The van der Waals surface area contributed by atoms with Gasteiger partial charge in [-0.25, -0.2) is 0 Å². The van der Waals surface area contributed by atoms with Crippen molar-refractivity contribution in [3.63, 3.8) is 0 Å². The fourth-order valence-corrected chi connectivity index (χ4v) is 2.04. The molecule has 114 valence electrons. The van der Waals surface area contributed by atoms with Crippen LogP contribution in [-0.4, -0.2) is 36.6 Å². The molecule has 0 radical (unpaired) electrons. The molecular weight excluding hydrogens is 272 g/mol. The first kappa shape index (κ1) is 15.2. The summed E-state index contributed by atoms with van der Waals surface area (Å²) in [6.07, 6.45) is 2.66. The molecule has 0 saturated carbocycles. The van der Waals surface area contributed by atoms with Crippen LogP contribution in [0.5, 0.6) is 0 Å². The summed E-state index contributed by atoms with van der Waals surface area (Å²) in [7, 11) is 1.63. The van der Waals surface area contributed by atoms with Crippen LogP contribution in [0.25, 0.3) is 0 Å². The summed E-state index contributed by atoms with van der Waals surface area (Å²) in [6, 6.07) is 1.92. The smallest absolute Gasteiger partial charge is 0.253 e. The maximum absolute atomic E-state index is 11.6. The van der Waals surface area contributed by atoms with Gasteiger partial charge < -0.3 is 15.4 Å². The number of hydrogen-bond acceptors (Lipinski definition) is 6. The Morgan fingerprint density at radius 1 is 1.19 bits per heavy atom. The van der Waals surface area contributed by atoms with Gasteiger partial charge in [0.15, 0.2) is 0 Å². The Bertz CT molecular complexity index is 655. The van der Waals surface area contributed by atoms with Gasteiger partial charge in [0.05, 0.1) is 12.2 Å². The molecule has 7 heteroatoms. The fraction of sp³-hybridized carbons (Fsp3) is 0.500. The number of aromatic nitrogens is 2. The van der Waals surface area contributed by atoms with Gasteiger partial charge in [0.1, 0.15) is 11.4 Å². The van der Waals surface area contributed by atoms with Gasteiger partial charge in [-0.05, 0) is 19.4 Å². The van der Waals surface area contributed by atoms with Crippen LogP contribution in [0.1, 0.15) is 12.1 Å². The van der Waals surface area contributed by atoms with Crippen molar-refractivity contribution in [2.45, 2.75) is 19.9 Å². The predicted octanol–water partition coefficient (Wildman–Crippen LogP) is 0.348. The summed E-state index contributed by atoms with van der Waals surface area (Å²) in [5.74, 6) is 0. The molecule has 0 atom stereocenters. The third kappa shape index (κ3) is 3.69. The Kier molecular flexibility index (Phi) is 5.10. The molecule has 21 heavy (non-hydrogen) atoms. The minimum atomic E-state index is -0.458. The van der Waals surface area contributed by atoms with Crippen LogP contribution in [-0.2, 0) is 11.3 Å². The van der Waals surface area contributed by atoms with Gasteiger partial charge >= 0.3 is 0 Å². The van der Waals surface area contributed by atoms with Crippen molar-refractivity contribution in [1.82, 2.24) is 9.78 Å². The topological polar surface area (TPSA) is 85.2 Å². The quantitative estimate of drug-likeness (QED) is 0.512. The monoisotopic (exact) mass is 292 g/mol. The van der Waals surface area contributed by atoms with E-state index in [-0.39, 0.29) is 0 Å². The summed E-state index contributed by atoms with van der Waals surface area (Å²) < 4.78 is 6.72. The fourth-order valence-electron chi connectivity index (χ4n) is 2.04. The van der Waals surface area contributed by atoms with Gasteiger partial charge in [-0.15, -0.1) is 0 Å². The summed E-state index contributed by atoms with van der Waals surface area (Å²) in [6.45, 7) is 4.31. The van der Waals surface area contributed by atoms with Crippen LogP contribution >= 0.6 is 0 Å². The molecule has 2 N–H and O–H groups in total. The number of methoxy groups -OCH3 is 1. The highest BCUT2D eigenvalue weighted by atomic mass is 16.5. The van der Waals surface area contributed by atoms with Crippen molar-refractivity contribution in [3.8, 4) is 0 Å². The zero-order valence-corrected chi connectivity index (χ0v) is 12.3. The minimum Gasteiger partial charge on any atom is -0.385 e. The molecule has 0 spiro atoms. The van der Waals surface area contributed by atoms with Crippen molar-refractivity contribution in [2.24, 2.45) is 0 Å². The second-order valence-corrected chi connectivity index (χ2v) is 4.83. The molecule has 2 aromatic rings. The second kappa shape index (κ2) is 7.03. The van der Waals surface area contributed by atoms with Crippen LogP contribution < -0.4 is 21.5 Å². The van der Waals surface area contributed by atoms with Crippen molar-refractivity contribution in [3.05, 3.63) is 38.4 Å². The van der Waals surface area contributed by atoms with Gasteiger partial charge in [0.25, 0.3) is 10.9 Å². The lowest BCUT2D eigenvalue weighted by molar-refractivity contribution is 0.198. The number of rotatable bonds is 9. The average Bonchev–Trinajstić information content (AvgIpc) is 2.90. The van der Waals surface area contributed by atoms with Crippen molar-refractivity contribution >= 4 is 11.4 Å². The van der Waals surface area contributed by atoms with Gasteiger partial charge in [0, 0.05) is 33.0 Å². The normalized spacial score (nSPS) is 11.0. The lowest BCUT2D eigenvalue weighted by atomic mass is 10.2. The standard InChI is InChI=1S/C14H20N4O3/c1-10-4-7-18(17-10)8-6-16-12-11(13(19)14(12)20)15-5-3-9-21-2/h4,7,15-16H,3,5-6,8-9H2,1-2H3. The number of hydrogen-bond donors (Lipinski definition) is 2. The Hall–Kier alpha value is -2.15. The Morgan fingerprint density at radius 2 is 1.86 bits per heavy atom. The maximum Gasteiger partial charge on any atom is 0.253 e. The van der Waals surface area contributed by atoms with E-state index in [0.717, 1.165) is 12.1 Å². The number of anilines is 2. The zero-order valence-electron chi connectivity index (χ0n) is 12.3. The zero-order chi connectivity index (χ0) is 15.2. The third-order valence-electron chi connectivity index (χ3n) is 3.15. The van der Waals surface area contributed by atoms with E-state index < -0.39 is 10.9 Å². The first-order valence-corrected chi connectivity index (χ1v) is 6.93. The molecule has 1 heterocycles. The first-order chi connectivity index (χ1) is 10.1. The van der Waals surface area contributed by atoms with E-state index in [1.807, 2.05) is 19.2 Å². The van der Waals surface area contributed by atoms with E-state index in [1.54, 1.807) is 11.8 Å². The molecular formula is C14H20N4O3. The predicted molar refractivity (Wildman–Crippen MR) is 81.8 cm³/mol. The van der Waals surface area contributed by atoms with E-state index in [4.69, 9.17) is 4.74 Å². The van der Waals surface area contributed by atoms with Crippen LogP contribution in [0.4, 0.5) is 11.4 Å². The highest BCUT2D eigenvalue weighted by Gasteiger charge is 2.19. The van der Waals surface area contributed by atoms with Gasteiger partial charge in [-0.2, -0.15) is 5.10 Å². The molecule has 1 aromatic heterocycles. The first-order valence-electron chi connectivity index (χ1n) is 6.93. The van der Waals surface area contributed by atoms with Crippen molar-refractivity contribution in [2.75, 3.05) is 37.4 Å². The molecule has 0 fully saturated rings. The maximum atomic E-state index is 11.6. The molecule has 2 rings (SSSR count). The van der Waals surface area contributed by atoms with E-state index >= 15 is 0 Å². The molecule has 0 bridgehead atoms. The number of nitrogens with zero attached hydrogens (tertiary/aromatic N) is 2. The number of aryl methyl sites for hydroxylation is 1. The minimum absolute atomic E-state index is 0.376. The highest BCUT2D eigenvalue weighted by molar-refractivity contribution is 5.73. The number of ether oxygens (including phenoxy) is 1. The van der Waals surface area contributed by atoms with E-state index in [9.17, 15) is 9.59 Å². The Morgan fingerprint density at radius 3 is 2.43 bits per heavy atom.